The average molecular weight is 314 g/mol. The number of hydrogen-bond donors (Lipinski definition) is 1. The lowest BCUT2D eigenvalue weighted by Crippen LogP contribution is -2.37. The summed E-state index contributed by atoms with van der Waals surface area (Å²) in [4.78, 5) is 13.4. The third-order valence-electron chi connectivity index (χ3n) is 4.42. The van der Waals surface area contributed by atoms with Gasteiger partial charge in [-0.1, -0.05) is 26.0 Å². The molecule has 0 fully saturated rings. The Hall–Kier alpha value is -2.21. The Labute approximate surface area is 135 Å². The maximum atomic E-state index is 11.1. The molecule has 0 saturated carbocycles. The second kappa shape index (κ2) is 6.12. The van der Waals surface area contributed by atoms with E-state index in [1.807, 2.05) is 6.07 Å². The van der Waals surface area contributed by atoms with E-state index in [9.17, 15) is 4.79 Å². The number of aromatic nitrogens is 3. The van der Waals surface area contributed by atoms with Crippen molar-refractivity contribution in [2.75, 3.05) is 6.54 Å². The van der Waals surface area contributed by atoms with E-state index < -0.39 is 5.97 Å². The van der Waals surface area contributed by atoms with Gasteiger partial charge in [0.1, 0.15) is 11.6 Å². The van der Waals surface area contributed by atoms with Gasteiger partial charge in [0.05, 0.1) is 11.6 Å². The molecule has 0 spiro atoms. The van der Waals surface area contributed by atoms with Gasteiger partial charge in [-0.3, -0.25) is 4.90 Å². The molecule has 6 nitrogen and oxygen atoms in total. The van der Waals surface area contributed by atoms with Gasteiger partial charge in [-0.15, -0.1) is 10.2 Å². The minimum atomic E-state index is -0.889. The molecule has 1 aromatic heterocycles. The fraction of sp³-hybridized carbons (Fsp3) is 0.471. The van der Waals surface area contributed by atoms with E-state index in [0.29, 0.717) is 18.0 Å². The van der Waals surface area contributed by atoms with Crippen LogP contribution in [0, 0.1) is 0 Å². The van der Waals surface area contributed by atoms with Crippen molar-refractivity contribution in [2.24, 2.45) is 0 Å². The zero-order valence-corrected chi connectivity index (χ0v) is 13.7. The van der Waals surface area contributed by atoms with Crippen molar-refractivity contribution in [3.05, 3.63) is 47.0 Å². The monoisotopic (exact) mass is 314 g/mol. The normalized spacial score (nSPS) is 18.2. The van der Waals surface area contributed by atoms with E-state index in [1.54, 1.807) is 18.2 Å². The smallest absolute Gasteiger partial charge is 0.335 e. The molecule has 0 saturated heterocycles. The Kier molecular flexibility index (Phi) is 4.17. The molecule has 6 heteroatoms. The van der Waals surface area contributed by atoms with Gasteiger partial charge in [-0.2, -0.15) is 0 Å². The lowest BCUT2D eigenvalue weighted by molar-refractivity contribution is 0.0696. The number of fused-ring (bicyclic) bond motifs is 1. The third-order valence-corrected chi connectivity index (χ3v) is 4.42. The highest BCUT2D eigenvalue weighted by molar-refractivity contribution is 5.87. The minimum Gasteiger partial charge on any atom is -0.478 e. The van der Waals surface area contributed by atoms with Crippen LogP contribution >= 0.6 is 0 Å². The molecule has 2 heterocycles. The number of nitrogens with zero attached hydrogens (tertiary/aromatic N) is 4. The Balaban J connectivity index is 1.80. The highest BCUT2D eigenvalue weighted by atomic mass is 16.4. The van der Waals surface area contributed by atoms with Crippen LogP contribution in [0.25, 0.3) is 0 Å². The molecule has 1 aliphatic rings. The second-order valence-corrected chi connectivity index (χ2v) is 6.37. The van der Waals surface area contributed by atoms with E-state index in [0.717, 1.165) is 30.3 Å². The van der Waals surface area contributed by atoms with Crippen LogP contribution in [0.1, 0.15) is 60.3 Å². The fourth-order valence-corrected chi connectivity index (χ4v) is 3.13. The quantitative estimate of drug-likeness (QED) is 0.939. The van der Waals surface area contributed by atoms with Crippen molar-refractivity contribution in [1.29, 1.82) is 0 Å². The Morgan fingerprint density at radius 2 is 2.13 bits per heavy atom. The molecule has 1 aromatic carbocycles. The molecule has 0 amide bonds. The molecule has 1 unspecified atom stereocenters. The number of benzene rings is 1. The summed E-state index contributed by atoms with van der Waals surface area (Å²) >= 11 is 0. The molecule has 0 radical (unpaired) electrons. The molecule has 0 aliphatic carbocycles. The number of carbonyl (C=O) groups is 1. The Morgan fingerprint density at radius 1 is 1.35 bits per heavy atom. The van der Waals surface area contributed by atoms with E-state index in [4.69, 9.17) is 5.11 Å². The van der Waals surface area contributed by atoms with Gasteiger partial charge in [-0.25, -0.2) is 4.79 Å². The van der Waals surface area contributed by atoms with Crippen molar-refractivity contribution in [2.45, 2.75) is 45.8 Å². The standard InChI is InChI=1S/C17H22N4O2/c1-11(2)15-18-19-16-12(3)20(7-8-21(15)16)10-13-5-4-6-14(9-13)17(22)23/h4-6,9,11-12H,7-8,10H2,1-3H3,(H,22,23). The van der Waals surface area contributed by atoms with E-state index in [1.165, 1.54) is 0 Å². The van der Waals surface area contributed by atoms with Gasteiger partial charge in [0, 0.05) is 25.6 Å². The lowest BCUT2D eigenvalue weighted by Gasteiger charge is -2.34. The van der Waals surface area contributed by atoms with Gasteiger partial charge < -0.3 is 9.67 Å². The van der Waals surface area contributed by atoms with E-state index in [2.05, 4.69) is 40.4 Å². The molecule has 1 atom stereocenters. The highest BCUT2D eigenvalue weighted by Gasteiger charge is 2.28. The predicted molar refractivity (Wildman–Crippen MR) is 86.3 cm³/mol. The second-order valence-electron chi connectivity index (χ2n) is 6.37. The molecule has 1 aliphatic heterocycles. The Morgan fingerprint density at radius 3 is 2.83 bits per heavy atom. The van der Waals surface area contributed by atoms with Crippen molar-refractivity contribution in [3.8, 4) is 0 Å². The van der Waals surface area contributed by atoms with Crippen molar-refractivity contribution >= 4 is 5.97 Å². The molecule has 122 valence electrons. The molecular formula is C17H22N4O2. The lowest BCUT2D eigenvalue weighted by atomic mass is 10.1. The average Bonchev–Trinajstić information content (AvgIpc) is 2.95. The van der Waals surface area contributed by atoms with Gasteiger partial charge in [-0.05, 0) is 24.6 Å². The van der Waals surface area contributed by atoms with Crippen LogP contribution in [0.4, 0.5) is 0 Å². The number of carboxylic acid groups (broad SMARTS) is 1. The van der Waals surface area contributed by atoms with Gasteiger partial charge in [0.25, 0.3) is 0 Å². The summed E-state index contributed by atoms with van der Waals surface area (Å²) in [6.45, 7) is 8.89. The number of carboxylic acids is 1. The van der Waals surface area contributed by atoms with Gasteiger partial charge >= 0.3 is 5.97 Å². The van der Waals surface area contributed by atoms with Crippen LogP contribution in [-0.2, 0) is 13.1 Å². The zero-order valence-electron chi connectivity index (χ0n) is 13.7. The number of aromatic carboxylic acids is 1. The first kappa shape index (κ1) is 15.7. The fourth-order valence-electron chi connectivity index (χ4n) is 3.13. The van der Waals surface area contributed by atoms with Crippen LogP contribution in [0.3, 0.4) is 0 Å². The first-order chi connectivity index (χ1) is 11.0. The van der Waals surface area contributed by atoms with Crippen LogP contribution in [0.15, 0.2) is 24.3 Å². The maximum Gasteiger partial charge on any atom is 0.335 e. The Bertz CT molecular complexity index is 723. The summed E-state index contributed by atoms with van der Waals surface area (Å²) in [7, 11) is 0. The summed E-state index contributed by atoms with van der Waals surface area (Å²) in [6, 6.07) is 7.30. The summed E-state index contributed by atoms with van der Waals surface area (Å²) in [5.74, 6) is 1.51. The van der Waals surface area contributed by atoms with E-state index >= 15 is 0 Å². The molecule has 2 aromatic rings. The molecule has 23 heavy (non-hydrogen) atoms. The summed E-state index contributed by atoms with van der Waals surface area (Å²) in [6.07, 6.45) is 0. The van der Waals surface area contributed by atoms with Crippen LogP contribution in [0.5, 0.6) is 0 Å². The van der Waals surface area contributed by atoms with Crippen molar-refractivity contribution < 1.29 is 9.90 Å². The van der Waals surface area contributed by atoms with Gasteiger partial charge in [0.15, 0.2) is 0 Å². The number of hydrogen-bond acceptors (Lipinski definition) is 4. The van der Waals surface area contributed by atoms with Gasteiger partial charge in [0.2, 0.25) is 0 Å². The first-order valence-corrected chi connectivity index (χ1v) is 7.96. The van der Waals surface area contributed by atoms with E-state index in [-0.39, 0.29) is 6.04 Å². The maximum absolute atomic E-state index is 11.1. The largest absolute Gasteiger partial charge is 0.478 e. The summed E-state index contributed by atoms with van der Waals surface area (Å²) in [5, 5.41) is 17.8. The van der Waals surface area contributed by atoms with Crippen LogP contribution < -0.4 is 0 Å². The minimum absolute atomic E-state index is 0.164. The topological polar surface area (TPSA) is 71.2 Å². The summed E-state index contributed by atoms with van der Waals surface area (Å²) < 4.78 is 2.22. The van der Waals surface area contributed by atoms with Crippen molar-refractivity contribution in [1.82, 2.24) is 19.7 Å². The molecule has 0 bridgehead atoms. The SMILES string of the molecule is CC(C)c1nnc2n1CCN(Cc1cccc(C(=O)O)c1)C2C. The van der Waals surface area contributed by atoms with Crippen LogP contribution in [0.2, 0.25) is 0 Å². The molecule has 1 N–H and O–H groups in total. The molecule has 3 rings (SSSR count). The molecular weight excluding hydrogens is 292 g/mol. The predicted octanol–water partition coefficient (Wildman–Crippen LogP) is 2.68. The zero-order chi connectivity index (χ0) is 16.6. The summed E-state index contributed by atoms with van der Waals surface area (Å²) in [5.41, 5.74) is 1.34. The highest BCUT2D eigenvalue weighted by Crippen LogP contribution is 2.28. The third kappa shape index (κ3) is 2.99. The number of rotatable bonds is 4. The van der Waals surface area contributed by atoms with Crippen LogP contribution in [-0.4, -0.2) is 37.3 Å². The van der Waals surface area contributed by atoms with Crippen molar-refractivity contribution in [3.63, 3.8) is 0 Å². The first-order valence-electron chi connectivity index (χ1n) is 7.96.